The number of hydrogen-bond donors (Lipinski definition) is 2. The van der Waals surface area contributed by atoms with Crippen LogP contribution in [-0.4, -0.2) is 29.9 Å². The first-order valence-corrected chi connectivity index (χ1v) is 9.70. The van der Waals surface area contributed by atoms with Crippen LogP contribution in [0, 0.1) is 12.8 Å². The van der Waals surface area contributed by atoms with Crippen LogP contribution in [0.4, 0.5) is 0 Å². The summed E-state index contributed by atoms with van der Waals surface area (Å²) < 4.78 is 5.83. The molecule has 2 rings (SSSR count). The van der Waals surface area contributed by atoms with E-state index in [1.165, 1.54) is 6.08 Å². The van der Waals surface area contributed by atoms with Crippen molar-refractivity contribution in [2.45, 2.75) is 27.4 Å². The van der Waals surface area contributed by atoms with Crippen LogP contribution in [0.3, 0.4) is 0 Å². The second-order valence-electron chi connectivity index (χ2n) is 6.25. The average Bonchev–Trinajstić information content (AvgIpc) is 3.07. The Morgan fingerprint density at radius 1 is 1.22 bits per heavy atom. The Bertz CT molecular complexity index is 799. The summed E-state index contributed by atoms with van der Waals surface area (Å²) in [4.78, 5) is 27.7. The van der Waals surface area contributed by atoms with E-state index in [1.54, 1.807) is 17.4 Å². The molecule has 0 atom stereocenters. The molecule has 1 aromatic heterocycles. The minimum Gasteiger partial charge on any atom is -0.487 e. The van der Waals surface area contributed by atoms with Gasteiger partial charge in [0, 0.05) is 36.0 Å². The first-order chi connectivity index (χ1) is 13.0. The number of benzene rings is 1. The van der Waals surface area contributed by atoms with Gasteiger partial charge < -0.3 is 15.4 Å². The van der Waals surface area contributed by atoms with Crippen molar-refractivity contribution in [3.63, 3.8) is 0 Å². The van der Waals surface area contributed by atoms with E-state index in [1.807, 2.05) is 50.4 Å². The van der Waals surface area contributed by atoms with Crippen molar-refractivity contribution in [1.82, 2.24) is 15.6 Å². The van der Waals surface area contributed by atoms with E-state index in [4.69, 9.17) is 4.74 Å². The van der Waals surface area contributed by atoms with Crippen LogP contribution in [0.1, 0.15) is 30.1 Å². The van der Waals surface area contributed by atoms with Crippen molar-refractivity contribution in [1.29, 1.82) is 0 Å². The number of thiazole rings is 1. The minimum absolute atomic E-state index is 0.0267. The van der Waals surface area contributed by atoms with Gasteiger partial charge in [0.2, 0.25) is 11.8 Å². The molecule has 7 heteroatoms. The lowest BCUT2D eigenvalue weighted by atomic mass is 10.2. The van der Waals surface area contributed by atoms with E-state index in [0.29, 0.717) is 25.4 Å². The van der Waals surface area contributed by atoms with Gasteiger partial charge in [-0.2, -0.15) is 0 Å². The number of carbonyl (C=O) groups is 2. The Morgan fingerprint density at radius 3 is 2.67 bits per heavy atom. The molecule has 0 radical (unpaired) electrons. The zero-order chi connectivity index (χ0) is 19.6. The Balaban J connectivity index is 1.83. The molecule has 2 aromatic rings. The maximum atomic E-state index is 11.9. The average molecular weight is 388 g/mol. The molecule has 0 fully saturated rings. The molecule has 0 saturated heterocycles. The van der Waals surface area contributed by atoms with Crippen LogP contribution in [0.2, 0.25) is 0 Å². The maximum absolute atomic E-state index is 11.9. The summed E-state index contributed by atoms with van der Waals surface area (Å²) in [6.07, 6.45) is 3.17. The Morgan fingerprint density at radius 2 is 1.96 bits per heavy atom. The van der Waals surface area contributed by atoms with Gasteiger partial charge in [-0.3, -0.25) is 9.59 Å². The van der Waals surface area contributed by atoms with Crippen molar-refractivity contribution < 1.29 is 14.3 Å². The molecule has 0 aliphatic carbocycles. The lowest BCUT2D eigenvalue weighted by molar-refractivity contribution is -0.124. The third-order valence-corrected chi connectivity index (χ3v) is 4.45. The number of hydrogen-bond acceptors (Lipinski definition) is 5. The SMILES string of the molecule is Cc1nc(COc2ccccc2/C=C/C(=O)NCCNC(=O)C(C)C)cs1. The summed E-state index contributed by atoms with van der Waals surface area (Å²) in [5, 5.41) is 8.46. The second-order valence-corrected chi connectivity index (χ2v) is 7.32. The van der Waals surface area contributed by atoms with Crippen molar-refractivity contribution >= 4 is 29.2 Å². The van der Waals surface area contributed by atoms with Gasteiger partial charge in [0.15, 0.2) is 0 Å². The molecule has 6 nitrogen and oxygen atoms in total. The lowest BCUT2D eigenvalue weighted by Crippen LogP contribution is -2.35. The predicted octanol–water partition coefficient (Wildman–Crippen LogP) is 2.93. The van der Waals surface area contributed by atoms with Crippen molar-refractivity contribution in [2.24, 2.45) is 5.92 Å². The van der Waals surface area contributed by atoms with Crippen LogP contribution in [-0.2, 0) is 16.2 Å². The number of carbonyl (C=O) groups excluding carboxylic acids is 2. The van der Waals surface area contributed by atoms with E-state index < -0.39 is 0 Å². The van der Waals surface area contributed by atoms with Crippen LogP contribution >= 0.6 is 11.3 Å². The molecule has 1 aromatic carbocycles. The van der Waals surface area contributed by atoms with E-state index in [2.05, 4.69) is 15.6 Å². The third-order valence-electron chi connectivity index (χ3n) is 3.62. The van der Waals surface area contributed by atoms with Gasteiger partial charge in [0.25, 0.3) is 0 Å². The maximum Gasteiger partial charge on any atom is 0.244 e. The number of amides is 2. The topological polar surface area (TPSA) is 80.3 Å². The predicted molar refractivity (Wildman–Crippen MR) is 108 cm³/mol. The summed E-state index contributed by atoms with van der Waals surface area (Å²) in [7, 11) is 0. The molecule has 0 unspecified atom stereocenters. The van der Waals surface area contributed by atoms with Gasteiger partial charge >= 0.3 is 0 Å². The Labute approximate surface area is 163 Å². The molecular weight excluding hydrogens is 362 g/mol. The molecule has 0 spiro atoms. The summed E-state index contributed by atoms with van der Waals surface area (Å²) >= 11 is 1.59. The third kappa shape index (κ3) is 7.22. The number of nitrogens with one attached hydrogen (secondary N) is 2. The van der Waals surface area contributed by atoms with Crippen molar-refractivity contribution in [2.75, 3.05) is 13.1 Å². The van der Waals surface area contributed by atoms with E-state index in [0.717, 1.165) is 16.3 Å². The molecular formula is C20H25N3O3S. The van der Waals surface area contributed by atoms with Crippen LogP contribution in [0.15, 0.2) is 35.7 Å². The molecule has 0 aliphatic rings. The van der Waals surface area contributed by atoms with E-state index in [9.17, 15) is 9.59 Å². The zero-order valence-electron chi connectivity index (χ0n) is 15.8. The van der Waals surface area contributed by atoms with Gasteiger partial charge in [-0.15, -0.1) is 11.3 Å². The fourth-order valence-electron chi connectivity index (χ4n) is 2.18. The van der Waals surface area contributed by atoms with Crippen LogP contribution < -0.4 is 15.4 Å². The second kappa shape index (κ2) is 10.5. The highest BCUT2D eigenvalue weighted by atomic mass is 32.1. The Kier molecular flexibility index (Phi) is 8.00. The van der Waals surface area contributed by atoms with Gasteiger partial charge in [-0.05, 0) is 19.1 Å². The fourth-order valence-corrected chi connectivity index (χ4v) is 2.77. The highest BCUT2D eigenvalue weighted by molar-refractivity contribution is 7.09. The number of aryl methyl sites for hydroxylation is 1. The largest absolute Gasteiger partial charge is 0.487 e. The number of aromatic nitrogens is 1. The van der Waals surface area contributed by atoms with Crippen molar-refractivity contribution in [3.05, 3.63) is 52.0 Å². The summed E-state index contributed by atoms with van der Waals surface area (Å²) in [6.45, 7) is 6.78. The lowest BCUT2D eigenvalue weighted by Gasteiger charge is -2.08. The number of para-hydroxylation sites is 1. The first-order valence-electron chi connectivity index (χ1n) is 8.82. The molecule has 0 saturated carbocycles. The monoisotopic (exact) mass is 387 g/mol. The fraction of sp³-hybridized carbons (Fsp3) is 0.350. The molecule has 0 bridgehead atoms. The number of ether oxygens (including phenoxy) is 1. The van der Waals surface area contributed by atoms with Gasteiger partial charge in [0.05, 0.1) is 10.7 Å². The highest BCUT2D eigenvalue weighted by Crippen LogP contribution is 2.21. The van der Waals surface area contributed by atoms with Gasteiger partial charge in [-0.25, -0.2) is 4.98 Å². The Hall–Kier alpha value is -2.67. The van der Waals surface area contributed by atoms with E-state index >= 15 is 0 Å². The molecule has 1 heterocycles. The van der Waals surface area contributed by atoms with Gasteiger partial charge in [0.1, 0.15) is 12.4 Å². The molecule has 0 aliphatic heterocycles. The molecule has 2 amide bonds. The summed E-state index contributed by atoms with van der Waals surface area (Å²) in [6, 6.07) is 7.52. The minimum atomic E-state index is -0.223. The molecule has 144 valence electrons. The quantitative estimate of drug-likeness (QED) is 0.512. The summed E-state index contributed by atoms with van der Waals surface area (Å²) in [5.41, 5.74) is 1.70. The van der Waals surface area contributed by atoms with Crippen LogP contribution in [0.5, 0.6) is 5.75 Å². The normalized spacial score (nSPS) is 11.0. The number of rotatable bonds is 9. The smallest absolute Gasteiger partial charge is 0.244 e. The van der Waals surface area contributed by atoms with E-state index in [-0.39, 0.29) is 17.7 Å². The molecule has 27 heavy (non-hydrogen) atoms. The highest BCUT2D eigenvalue weighted by Gasteiger charge is 2.06. The zero-order valence-corrected chi connectivity index (χ0v) is 16.6. The van der Waals surface area contributed by atoms with Gasteiger partial charge in [-0.1, -0.05) is 32.0 Å². The molecule has 2 N–H and O–H groups in total. The van der Waals surface area contributed by atoms with Crippen molar-refractivity contribution in [3.8, 4) is 5.75 Å². The first kappa shape index (κ1) is 20.6. The number of nitrogens with zero attached hydrogens (tertiary/aromatic N) is 1. The van der Waals surface area contributed by atoms with Crippen LogP contribution in [0.25, 0.3) is 6.08 Å². The summed E-state index contributed by atoms with van der Waals surface area (Å²) in [5.74, 6) is 0.376. The standard InChI is InChI=1S/C20H25N3O3S/c1-14(2)20(25)22-11-10-21-19(24)9-8-16-6-4-5-7-18(16)26-12-17-13-27-15(3)23-17/h4-9,13-14H,10-12H2,1-3H3,(H,21,24)(H,22,25)/b9-8+.